The normalized spacial score (nSPS) is 18.8. The van der Waals surface area contributed by atoms with E-state index >= 15 is 0 Å². The molecule has 1 saturated carbocycles. The Morgan fingerprint density at radius 1 is 1.31 bits per heavy atom. The van der Waals surface area contributed by atoms with Crippen LogP contribution in [0.15, 0.2) is 16.5 Å². The van der Waals surface area contributed by atoms with Gasteiger partial charge >= 0.3 is 5.97 Å². The van der Waals surface area contributed by atoms with Gasteiger partial charge in [-0.25, -0.2) is 14.8 Å². The van der Waals surface area contributed by atoms with E-state index in [1.807, 2.05) is 4.57 Å². The molecule has 3 aromatic heterocycles. The van der Waals surface area contributed by atoms with Gasteiger partial charge in [-0.3, -0.25) is 9.36 Å². The summed E-state index contributed by atoms with van der Waals surface area (Å²) in [6.07, 6.45) is 10.0. The van der Waals surface area contributed by atoms with Crippen molar-refractivity contribution in [1.29, 1.82) is 0 Å². The predicted octanol–water partition coefficient (Wildman–Crippen LogP) is 3.90. The highest BCUT2D eigenvalue weighted by atomic mass is 32.1. The summed E-state index contributed by atoms with van der Waals surface area (Å²) >= 11 is 3.18. The Morgan fingerprint density at radius 3 is 2.97 bits per heavy atom. The molecule has 0 unspecified atom stereocenters. The van der Waals surface area contributed by atoms with E-state index in [1.165, 1.54) is 34.6 Å². The molecule has 1 N–H and O–H groups in total. The van der Waals surface area contributed by atoms with Crippen molar-refractivity contribution >= 4 is 38.9 Å². The monoisotopic (exact) mass is 472 g/mol. The molecule has 1 atom stereocenters. The number of fused-ring (bicyclic) bond motifs is 3. The van der Waals surface area contributed by atoms with Crippen LogP contribution in [0.4, 0.5) is 0 Å². The van der Waals surface area contributed by atoms with Crippen molar-refractivity contribution in [2.24, 2.45) is 0 Å². The Kier molecular flexibility index (Phi) is 6.39. The van der Waals surface area contributed by atoms with E-state index < -0.39 is 0 Å². The van der Waals surface area contributed by atoms with Crippen LogP contribution < -0.4 is 10.9 Å². The molecule has 0 saturated heterocycles. The first-order valence-electron chi connectivity index (χ1n) is 11.5. The highest BCUT2D eigenvalue weighted by Gasteiger charge is 2.27. The van der Waals surface area contributed by atoms with Gasteiger partial charge < -0.3 is 10.1 Å². The lowest BCUT2D eigenvalue weighted by atomic mass is 9.93. The van der Waals surface area contributed by atoms with Crippen molar-refractivity contribution in [1.82, 2.24) is 19.9 Å². The van der Waals surface area contributed by atoms with E-state index in [0.29, 0.717) is 24.4 Å². The third-order valence-electron chi connectivity index (χ3n) is 6.52. The summed E-state index contributed by atoms with van der Waals surface area (Å²) in [6.45, 7) is 2.97. The van der Waals surface area contributed by atoms with Gasteiger partial charge in [-0.2, -0.15) is 0 Å². The van der Waals surface area contributed by atoms with E-state index in [4.69, 9.17) is 4.74 Å². The first-order chi connectivity index (χ1) is 15.6. The molecule has 0 amide bonds. The maximum atomic E-state index is 13.2. The highest BCUT2D eigenvalue weighted by molar-refractivity contribution is 7.18. The largest absolute Gasteiger partial charge is 0.461 e. The van der Waals surface area contributed by atoms with Gasteiger partial charge in [-0.1, -0.05) is 12.8 Å². The van der Waals surface area contributed by atoms with E-state index in [-0.39, 0.29) is 11.5 Å². The third-order valence-corrected chi connectivity index (χ3v) is 8.59. The first kappa shape index (κ1) is 21.7. The molecule has 1 fully saturated rings. The quantitative estimate of drug-likeness (QED) is 0.525. The summed E-state index contributed by atoms with van der Waals surface area (Å²) < 4.78 is 6.90. The molecule has 5 rings (SSSR count). The molecular weight excluding hydrogens is 444 g/mol. The number of rotatable bonds is 7. The maximum Gasteiger partial charge on any atom is 0.357 e. The van der Waals surface area contributed by atoms with Gasteiger partial charge in [-0.05, 0) is 44.6 Å². The zero-order chi connectivity index (χ0) is 22.1. The fraction of sp³-hybridized carbons (Fsp3) is 0.565. The number of carbonyl (C=O) groups excluding carboxylic acids is 1. The van der Waals surface area contributed by atoms with Crippen LogP contribution in [-0.2, 0) is 24.0 Å². The number of thiazole rings is 1. The average Bonchev–Trinajstić information content (AvgIpc) is 3.54. The van der Waals surface area contributed by atoms with Crippen molar-refractivity contribution in [3.05, 3.63) is 43.2 Å². The van der Waals surface area contributed by atoms with Crippen LogP contribution in [0.5, 0.6) is 0 Å². The Labute approximate surface area is 194 Å². The van der Waals surface area contributed by atoms with Crippen LogP contribution in [0.3, 0.4) is 0 Å². The third kappa shape index (κ3) is 4.25. The Balaban J connectivity index is 1.23. The first-order valence-corrected chi connectivity index (χ1v) is 13.2. The summed E-state index contributed by atoms with van der Waals surface area (Å²) in [6, 6.07) is 0.709. The lowest BCUT2D eigenvalue weighted by molar-refractivity contribution is 0.0520. The van der Waals surface area contributed by atoms with Crippen molar-refractivity contribution in [2.75, 3.05) is 13.2 Å². The van der Waals surface area contributed by atoms with E-state index in [0.717, 1.165) is 60.3 Å². The summed E-state index contributed by atoms with van der Waals surface area (Å²) in [5.41, 5.74) is 1.79. The van der Waals surface area contributed by atoms with Crippen molar-refractivity contribution in [3.63, 3.8) is 0 Å². The zero-order valence-electron chi connectivity index (χ0n) is 18.3. The second-order valence-electron chi connectivity index (χ2n) is 8.57. The minimum absolute atomic E-state index is 0.159. The number of hydrogen-bond donors (Lipinski definition) is 1. The predicted molar refractivity (Wildman–Crippen MR) is 127 cm³/mol. The minimum Gasteiger partial charge on any atom is -0.461 e. The highest BCUT2D eigenvalue weighted by Crippen LogP contribution is 2.35. The van der Waals surface area contributed by atoms with Crippen LogP contribution in [0.1, 0.15) is 71.0 Å². The van der Waals surface area contributed by atoms with E-state index in [9.17, 15) is 9.59 Å². The number of aromatic nitrogens is 3. The lowest BCUT2D eigenvalue weighted by Crippen LogP contribution is -2.35. The van der Waals surface area contributed by atoms with Gasteiger partial charge in [0.15, 0.2) is 5.69 Å². The number of nitrogens with one attached hydrogen (secondary N) is 1. The molecule has 0 aromatic carbocycles. The molecule has 2 aliphatic carbocycles. The molecule has 170 valence electrons. The molecule has 2 aliphatic rings. The number of aryl methyl sites for hydroxylation is 1. The zero-order valence-corrected chi connectivity index (χ0v) is 19.9. The average molecular weight is 473 g/mol. The number of esters is 1. The van der Waals surface area contributed by atoms with Crippen molar-refractivity contribution in [3.8, 4) is 0 Å². The number of ether oxygens (including phenoxy) is 1. The summed E-state index contributed by atoms with van der Waals surface area (Å²) in [4.78, 5) is 36.2. The minimum atomic E-state index is -0.354. The molecule has 9 heteroatoms. The van der Waals surface area contributed by atoms with Gasteiger partial charge in [0.2, 0.25) is 0 Å². The van der Waals surface area contributed by atoms with Gasteiger partial charge in [0, 0.05) is 35.3 Å². The fourth-order valence-corrected chi connectivity index (χ4v) is 6.93. The molecule has 32 heavy (non-hydrogen) atoms. The van der Waals surface area contributed by atoms with Gasteiger partial charge in [0.1, 0.15) is 4.83 Å². The number of nitrogens with zero attached hydrogens (tertiary/aromatic N) is 3. The van der Waals surface area contributed by atoms with Gasteiger partial charge in [-0.15, -0.1) is 22.7 Å². The molecule has 7 nitrogen and oxygen atoms in total. The van der Waals surface area contributed by atoms with Crippen molar-refractivity contribution < 1.29 is 9.53 Å². The molecule has 0 radical (unpaired) electrons. The number of hydrogen-bond acceptors (Lipinski definition) is 8. The number of thiophene rings is 1. The summed E-state index contributed by atoms with van der Waals surface area (Å²) in [7, 11) is 0. The lowest BCUT2D eigenvalue weighted by Gasteiger charge is -2.23. The second kappa shape index (κ2) is 9.41. The standard InChI is InChI=1S/C23H28N4O3S2/c1-2-30-23(29)17-12-31-19(26-17)9-10-24-14-7-8-16-18(11-14)32-21-20(16)22(28)27(13-25-21)15-5-3-4-6-15/h12-15,24H,2-11H2,1H3/t14-/m0/s1. The molecule has 3 heterocycles. The van der Waals surface area contributed by atoms with Gasteiger partial charge in [0.25, 0.3) is 5.56 Å². The van der Waals surface area contributed by atoms with Crippen LogP contribution in [0.2, 0.25) is 0 Å². The second-order valence-corrected chi connectivity index (χ2v) is 10.6. The van der Waals surface area contributed by atoms with Gasteiger partial charge in [0.05, 0.1) is 23.3 Å². The Bertz CT molecular complexity index is 1180. The summed E-state index contributed by atoms with van der Waals surface area (Å²) in [5, 5.41) is 7.22. The SMILES string of the molecule is CCOC(=O)c1csc(CCN[C@H]2CCc3c(sc4ncn(C5CCCC5)c(=O)c34)C2)n1. The van der Waals surface area contributed by atoms with E-state index in [1.54, 1.807) is 30.0 Å². The maximum absolute atomic E-state index is 13.2. The smallest absolute Gasteiger partial charge is 0.357 e. The fourth-order valence-electron chi connectivity index (χ4n) is 4.90. The molecular formula is C23H28N4O3S2. The molecule has 3 aromatic rings. The van der Waals surface area contributed by atoms with Crippen molar-refractivity contribution in [2.45, 2.75) is 70.4 Å². The Hall–Kier alpha value is -2.10. The van der Waals surface area contributed by atoms with Crippen LogP contribution in [-0.4, -0.2) is 39.7 Å². The van der Waals surface area contributed by atoms with E-state index in [2.05, 4.69) is 15.3 Å². The van der Waals surface area contributed by atoms with Crippen LogP contribution >= 0.6 is 22.7 Å². The molecule has 0 aliphatic heterocycles. The topological polar surface area (TPSA) is 86.1 Å². The molecule has 0 spiro atoms. The van der Waals surface area contributed by atoms with Crippen LogP contribution in [0, 0.1) is 0 Å². The Morgan fingerprint density at radius 2 is 2.16 bits per heavy atom. The van der Waals surface area contributed by atoms with Crippen LogP contribution in [0.25, 0.3) is 10.2 Å². The molecule has 0 bridgehead atoms. The number of carbonyl (C=O) groups is 1. The summed E-state index contributed by atoms with van der Waals surface area (Å²) in [5.74, 6) is -0.354.